The molecule has 0 bridgehead atoms. The summed E-state index contributed by atoms with van der Waals surface area (Å²) in [5, 5.41) is 10.1. The van der Waals surface area contributed by atoms with E-state index in [9.17, 15) is 27.9 Å². The molecule has 0 fully saturated rings. The Bertz CT molecular complexity index is 1540. The van der Waals surface area contributed by atoms with Crippen molar-refractivity contribution < 1.29 is 27.9 Å². The average molecular weight is 544 g/mol. The number of amides is 1. The third-order valence-electron chi connectivity index (χ3n) is 6.60. The van der Waals surface area contributed by atoms with Crippen LogP contribution in [0.1, 0.15) is 53.5 Å². The molecule has 0 aliphatic rings. The van der Waals surface area contributed by atoms with Gasteiger partial charge in [0, 0.05) is 18.0 Å². The van der Waals surface area contributed by atoms with E-state index >= 15 is 0 Å². The molecule has 2 aromatic heterocycles. The minimum absolute atomic E-state index is 0.00410. The number of benzene rings is 2. The van der Waals surface area contributed by atoms with Crippen molar-refractivity contribution in [1.82, 2.24) is 9.55 Å². The summed E-state index contributed by atoms with van der Waals surface area (Å²) >= 11 is 6.02. The fraction of sp³-hybridized carbons (Fsp3) is 0.250. The van der Waals surface area contributed by atoms with Crippen LogP contribution in [0.2, 0.25) is 5.15 Å². The number of nitrogens with two attached hydrogens (primary N) is 1. The van der Waals surface area contributed by atoms with Crippen LogP contribution in [0.25, 0.3) is 10.9 Å². The highest BCUT2D eigenvalue weighted by molar-refractivity contribution is 6.30. The first-order valence-electron chi connectivity index (χ1n) is 11.6. The maximum atomic E-state index is 13.7. The largest absolute Gasteiger partial charge is 0.476 e. The molecule has 6 nitrogen and oxygen atoms in total. The number of alkyl halides is 3. The Kier molecular flexibility index (Phi) is 6.78. The summed E-state index contributed by atoms with van der Waals surface area (Å²) in [6.45, 7) is 6.11. The molecule has 2 aromatic carbocycles. The van der Waals surface area contributed by atoms with Gasteiger partial charge in [-0.2, -0.15) is 13.2 Å². The minimum atomic E-state index is -4.69. The van der Waals surface area contributed by atoms with Gasteiger partial charge in [-0.15, -0.1) is 0 Å². The van der Waals surface area contributed by atoms with Crippen LogP contribution in [0.3, 0.4) is 0 Å². The first-order valence-corrected chi connectivity index (χ1v) is 12.0. The van der Waals surface area contributed by atoms with Crippen LogP contribution in [0.15, 0.2) is 66.9 Å². The summed E-state index contributed by atoms with van der Waals surface area (Å²) in [4.78, 5) is 29.5. The van der Waals surface area contributed by atoms with E-state index < -0.39 is 34.8 Å². The van der Waals surface area contributed by atoms with Gasteiger partial charge in [-0.1, -0.05) is 68.8 Å². The van der Waals surface area contributed by atoms with Crippen molar-refractivity contribution in [1.29, 1.82) is 0 Å². The highest BCUT2D eigenvalue weighted by Gasteiger charge is 2.44. The number of rotatable bonds is 6. The number of primary amides is 1. The zero-order valence-electron chi connectivity index (χ0n) is 20.8. The van der Waals surface area contributed by atoms with Gasteiger partial charge in [0.2, 0.25) is 5.91 Å². The predicted molar refractivity (Wildman–Crippen MR) is 138 cm³/mol. The van der Waals surface area contributed by atoms with Gasteiger partial charge >= 0.3 is 12.1 Å². The Balaban J connectivity index is 2.06. The van der Waals surface area contributed by atoms with E-state index in [0.29, 0.717) is 10.9 Å². The standard InChI is InChI=1S/C28H25ClF3N3O3/c1-26(2,3)18-9-7-16(8-10-18)15-27(25(33)38,19-5-4-6-20(14-19)28(30,31)32)35-12-11-17-13-21(29)34-22(23(17)35)24(36)37/h4-14H,15H2,1-3H3,(H2,33,38)(H,36,37). The molecule has 0 aliphatic carbocycles. The number of carboxylic acid groups (broad SMARTS) is 1. The molecular formula is C28H25ClF3N3O3. The summed E-state index contributed by atoms with van der Waals surface area (Å²) in [5.41, 5.74) is 4.06. The van der Waals surface area contributed by atoms with E-state index in [1.54, 1.807) is 12.1 Å². The molecule has 0 aliphatic heterocycles. The molecule has 4 aromatic rings. The average Bonchev–Trinajstić information content (AvgIpc) is 3.25. The Morgan fingerprint density at radius 1 is 0.974 bits per heavy atom. The number of hydrogen-bond donors (Lipinski definition) is 2. The quantitative estimate of drug-likeness (QED) is 0.284. The normalized spacial score (nSPS) is 13.9. The summed E-state index contributed by atoms with van der Waals surface area (Å²) in [6, 6.07) is 14.6. The third-order valence-corrected chi connectivity index (χ3v) is 6.80. The zero-order chi connectivity index (χ0) is 28.0. The summed E-state index contributed by atoms with van der Waals surface area (Å²) in [6.07, 6.45) is -3.42. The molecule has 0 spiro atoms. The SMILES string of the molecule is CC(C)(C)c1ccc(CC(C(N)=O)(c2cccc(C(F)(F)F)c2)n2ccc3cc(Cl)nc(C(=O)O)c32)cc1. The summed E-state index contributed by atoms with van der Waals surface area (Å²) < 4.78 is 42.5. The van der Waals surface area contributed by atoms with Crippen LogP contribution in [-0.2, 0) is 28.3 Å². The number of hydrogen-bond acceptors (Lipinski definition) is 3. The lowest BCUT2D eigenvalue weighted by Gasteiger charge is -2.35. The lowest BCUT2D eigenvalue weighted by atomic mass is 9.80. The van der Waals surface area contributed by atoms with E-state index in [-0.39, 0.29) is 28.1 Å². The third kappa shape index (κ3) is 4.86. The molecule has 38 heavy (non-hydrogen) atoms. The Morgan fingerprint density at radius 2 is 1.61 bits per heavy atom. The topological polar surface area (TPSA) is 98.2 Å². The van der Waals surface area contributed by atoms with Crippen LogP contribution >= 0.6 is 11.6 Å². The molecule has 198 valence electrons. The monoisotopic (exact) mass is 543 g/mol. The number of fused-ring (bicyclic) bond motifs is 1. The van der Waals surface area contributed by atoms with Crippen LogP contribution in [0.5, 0.6) is 0 Å². The second-order valence-corrected chi connectivity index (χ2v) is 10.5. The maximum Gasteiger partial charge on any atom is 0.416 e. The number of pyridine rings is 1. The number of halogens is 4. The highest BCUT2D eigenvalue weighted by Crippen LogP contribution is 2.39. The van der Waals surface area contributed by atoms with Gasteiger partial charge in [0.1, 0.15) is 5.15 Å². The van der Waals surface area contributed by atoms with Crippen LogP contribution in [-0.4, -0.2) is 26.5 Å². The molecule has 1 amide bonds. The van der Waals surface area contributed by atoms with Crippen molar-refractivity contribution >= 4 is 34.4 Å². The molecule has 4 rings (SSSR count). The smallest absolute Gasteiger partial charge is 0.416 e. The number of aromatic nitrogens is 2. The van der Waals surface area contributed by atoms with Crippen molar-refractivity contribution in [3.05, 3.63) is 100.0 Å². The van der Waals surface area contributed by atoms with Crippen molar-refractivity contribution in [3.63, 3.8) is 0 Å². The van der Waals surface area contributed by atoms with E-state index in [2.05, 4.69) is 4.98 Å². The molecule has 0 saturated heterocycles. The molecule has 3 N–H and O–H groups in total. The van der Waals surface area contributed by atoms with Crippen LogP contribution in [0.4, 0.5) is 13.2 Å². The zero-order valence-corrected chi connectivity index (χ0v) is 21.6. The van der Waals surface area contributed by atoms with E-state index in [0.717, 1.165) is 17.7 Å². The summed E-state index contributed by atoms with van der Waals surface area (Å²) in [7, 11) is 0. The van der Waals surface area contributed by atoms with Crippen molar-refractivity contribution in [2.24, 2.45) is 5.73 Å². The maximum absolute atomic E-state index is 13.7. The molecule has 10 heteroatoms. The van der Waals surface area contributed by atoms with E-state index in [4.69, 9.17) is 17.3 Å². The van der Waals surface area contributed by atoms with Gasteiger partial charge in [-0.3, -0.25) is 4.79 Å². The molecule has 1 atom stereocenters. The van der Waals surface area contributed by atoms with E-state index in [1.807, 2.05) is 32.9 Å². The number of carboxylic acids is 1. The van der Waals surface area contributed by atoms with Gasteiger partial charge in [0.05, 0.1) is 11.1 Å². The van der Waals surface area contributed by atoms with Crippen molar-refractivity contribution in [2.75, 3.05) is 0 Å². The van der Waals surface area contributed by atoms with Gasteiger partial charge in [0.15, 0.2) is 11.2 Å². The van der Waals surface area contributed by atoms with E-state index in [1.165, 1.54) is 35.0 Å². The Morgan fingerprint density at radius 3 is 2.16 bits per heavy atom. The molecule has 0 saturated carbocycles. The minimum Gasteiger partial charge on any atom is -0.476 e. The van der Waals surface area contributed by atoms with Gasteiger partial charge in [-0.25, -0.2) is 9.78 Å². The second-order valence-electron chi connectivity index (χ2n) is 10.1. The number of carbonyl (C=O) groups is 2. The van der Waals surface area contributed by atoms with Gasteiger partial charge in [-0.05, 0) is 46.4 Å². The molecule has 1 unspecified atom stereocenters. The summed E-state index contributed by atoms with van der Waals surface area (Å²) in [5.74, 6) is -2.39. The molecule has 0 radical (unpaired) electrons. The first kappa shape index (κ1) is 27.2. The highest BCUT2D eigenvalue weighted by atomic mass is 35.5. The Hall–Kier alpha value is -3.85. The fourth-order valence-electron chi connectivity index (χ4n) is 4.65. The van der Waals surface area contributed by atoms with Crippen LogP contribution in [0, 0.1) is 0 Å². The van der Waals surface area contributed by atoms with Crippen LogP contribution < -0.4 is 5.73 Å². The van der Waals surface area contributed by atoms with Crippen molar-refractivity contribution in [2.45, 2.75) is 44.3 Å². The van der Waals surface area contributed by atoms with Gasteiger partial charge in [0.25, 0.3) is 0 Å². The predicted octanol–water partition coefficient (Wildman–Crippen LogP) is 6.18. The lowest BCUT2D eigenvalue weighted by Crippen LogP contribution is -2.49. The number of aromatic carboxylic acids is 1. The fourth-order valence-corrected chi connectivity index (χ4v) is 4.85. The van der Waals surface area contributed by atoms with Crippen molar-refractivity contribution in [3.8, 4) is 0 Å². The first-order chi connectivity index (χ1) is 17.6. The number of carbonyl (C=O) groups excluding carboxylic acids is 1. The second kappa shape index (κ2) is 9.47. The lowest BCUT2D eigenvalue weighted by molar-refractivity contribution is -0.138. The van der Waals surface area contributed by atoms with Gasteiger partial charge < -0.3 is 15.4 Å². The molecular weight excluding hydrogens is 519 g/mol. The molecule has 2 heterocycles. The Labute approximate surface area is 221 Å². The number of nitrogens with zero attached hydrogens (tertiary/aromatic N) is 2.